The first kappa shape index (κ1) is 28.4. The molecule has 196 valence electrons. The smallest absolute Gasteiger partial charge is 0.448 e. The van der Waals surface area contributed by atoms with E-state index in [4.69, 9.17) is 14.4 Å². The van der Waals surface area contributed by atoms with E-state index in [2.05, 4.69) is 4.98 Å². The predicted molar refractivity (Wildman–Crippen MR) is 125 cm³/mol. The summed E-state index contributed by atoms with van der Waals surface area (Å²) in [7, 11) is 0. The van der Waals surface area contributed by atoms with E-state index in [1.165, 1.54) is 24.4 Å². The predicted octanol–water partition coefficient (Wildman–Crippen LogP) is 6.57. The van der Waals surface area contributed by atoms with Gasteiger partial charge < -0.3 is 14.7 Å². The number of hydrazine groups is 1. The number of hydroxylamine groups is 1. The summed E-state index contributed by atoms with van der Waals surface area (Å²) in [6, 6.07) is 7.65. The van der Waals surface area contributed by atoms with Gasteiger partial charge in [0.15, 0.2) is 5.82 Å². The fourth-order valence-corrected chi connectivity index (χ4v) is 2.62. The summed E-state index contributed by atoms with van der Waals surface area (Å²) in [5.74, 6) is -0.0104. The van der Waals surface area contributed by atoms with Gasteiger partial charge in [-0.05, 0) is 82.1 Å². The second-order valence-electron chi connectivity index (χ2n) is 9.53. The Morgan fingerprint density at radius 2 is 1.44 bits per heavy atom. The van der Waals surface area contributed by atoms with Gasteiger partial charge in [-0.15, -0.1) is 0 Å². The van der Waals surface area contributed by atoms with Crippen molar-refractivity contribution in [2.75, 3.05) is 5.17 Å². The lowest BCUT2D eigenvalue weighted by molar-refractivity contribution is -0.229. The first-order chi connectivity index (χ1) is 16.5. The minimum absolute atomic E-state index is 0.0104. The van der Waals surface area contributed by atoms with Crippen LogP contribution in [0.4, 0.5) is 28.6 Å². The molecule has 1 aromatic heterocycles. The molecular weight excluding hydrogens is 483 g/mol. The Balaban J connectivity index is 2.31. The molecule has 2 rings (SSSR count). The molecule has 1 heterocycles. The number of nitrogens with zero attached hydrogens (tertiary/aromatic N) is 3. The summed E-state index contributed by atoms with van der Waals surface area (Å²) in [6.45, 7) is 9.73. The topological polar surface area (TPSA) is 101 Å². The van der Waals surface area contributed by atoms with Crippen molar-refractivity contribution >= 4 is 30.3 Å². The summed E-state index contributed by atoms with van der Waals surface area (Å²) in [5, 5.41) is 10.8. The maximum absolute atomic E-state index is 12.7. The van der Waals surface area contributed by atoms with E-state index in [0.29, 0.717) is 11.1 Å². The van der Waals surface area contributed by atoms with Crippen molar-refractivity contribution in [1.29, 1.82) is 0 Å². The average Bonchev–Trinajstić information content (AvgIpc) is 2.72. The van der Waals surface area contributed by atoms with Gasteiger partial charge in [-0.3, -0.25) is 4.84 Å². The molecule has 1 aromatic carbocycles. The largest absolute Gasteiger partial charge is 0.535 e. The zero-order valence-corrected chi connectivity index (χ0v) is 20.7. The number of hydrogen-bond acceptors (Lipinski definition) is 8. The van der Waals surface area contributed by atoms with E-state index in [1.54, 1.807) is 59.8 Å². The molecule has 0 saturated heterocycles. The standard InChI is InChI=1S/C24H28F3N3O6/c1-22(2,3)30(35-20(31)32)29(36-21(33)34-23(4,5)6)19-14-11-17(15-28-19)8-7-16-9-12-18(13-10-16)24(25,26)27/h7-15H,1-6H3,(H,31,32)/b8-7+. The lowest BCUT2D eigenvalue weighted by Gasteiger charge is -2.38. The number of rotatable bonds is 6. The maximum atomic E-state index is 12.7. The molecule has 0 spiro atoms. The number of halogens is 3. The minimum Gasteiger partial charge on any atom is -0.448 e. The number of carboxylic acid groups (broad SMARTS) is 1. The molecule has 0 fully saturated rings. The van der Waals surface area contributed by atoms with E-state index in [-0.39, 0.29) is 5.82 Å². The van der Waals surface area contributed by atoms with Crippen molar-refractivity contribution in [3.05, 3.63) is 59.3 Å². The third kappa shape index (κ3) is 8.77. The third-order valence-corrected chi connectivity index (χ3v) is 4.13. The van der Waals surface area contributed by atoms with Crippen LogP contribution in [-0.4, -0.2) is 38.7 Å². The monoisotopic (exact) mass is 511 g/mol. The Morgan fingerprint density at radius 3 is 1.89 bits per heavy atom. The quantitative estimate of drug-likeness (QED) is 0.341. The van der Waals surface area contributed by atoms with Gasteiger partial charge in [0.05, 0.1) is 11.1 Å². The highest BCUT2D eigenvalue weighted by atomic mass is 19.4. The normalized spacial score (nSPS) is 12.5. The van der Waals surface area contributed by atoms with E-state index < -0.39 is 35.2 Å². The fraction of sp³-hybridized carbons (Fsp3) is 0.375. The second-order valence-corrected chi connectivity index (χ2v) is 9.53. The summed E-state index contributed by atoms with van der Waals surface area (Å²) >= 11 is 0. The van der Waals surface area contributed by atoms with Crippen molar-refractivity contribution < 1.29 is 42.3 Å². The molecule has 0 atom stereocenters. The highest BCUT2D eigenvalue weighted by Gasteiger charge is 2.37. The Morgan fingerprint density at radius 1 is 0.889 bits per heavy atom. The number of aromatic nitrogens is 1. The number of anilines is 1. The van der Waals surface area contributed by atoms with Gasteiger partial charge in [-0.1, -0.05) is 29.5 Å². The molecule has 1 N–H and O–H groups in total. The number of benzene rings is 1. The average molecular weight is 511 g/mol. The number of pyridine rings is 1. The molecule has 2 aromatic rings. The van der Waals surface area contributed by atoms with Gasteiger partial charge >= 0.3 is 18.5 Å². The molecule has 0 saturated carbocycles. The Kier molecular flexibility index (Phi) is 8.57. The highest BCUT2D eigenvalue weighted by molar-refractivity contribution is 5.70. The number of alkyl halides is 3. The molecular formula is C24H28F3N3O6. The zero-order valence-electron chi connectivity index (χ0n) is 20.7. The molecule has 0 aliphatic rings. The van der Waals surface area contributed by atoms with Crippen LogP contribution in [0.1, 0.15) is 58.2 Å². The lowest BCUT2D eigenvalue weighted by Crippen LogP contribution is -2.55. The van der Waals surface area contributed by atoms with Crippen molar-refractivity contribution in [3.63, 3.8) is 0 Å². The summed E-state index contributed by atoms with van der Waals surface area (Å²) in [4.78, 5) is 37.9. The Hall–Kier alpha value is -3.80. The van der Waals surface area contributed by atoms with E-state index in [0.717, 1.165) is 22.5 Å². The van der Waals surface area contributed by atoms with Crippen LogP contribution in [0.3, 0.4) is 0 Å². The maximum Gasteiger partial charge on any atom is 0.535 e. The summed E-state index contributed by atoms with van der Waals surface area (Å²) in [5.41, 5.74) is -1.54. The van der Waals surface area contributed by atoms with Crippen LogP contribution in [0, 0.1) is 0 Å². The van der Waals surface area contributed by atoms with Gasteiger partial charge in [-0.2, -0.15) is 13.2 Å². The minimum atomic E-state index is -4.42. The van der Waals surface area contributed by atoms with Crippen LogP contribution in [0.2, 0.25) is 0 Å². The molecule has 12 heteroatoms. The van der Waals surface area contributed by atoms with Crippen LogP contribution in [0.25, 0.3) is 12.2 Å². The molecule has 0 unspecified atom stereocenters. The van der Waals surface area contributed by atoms with Crippen molar-refractivity contribution in [3.8, 4) is 0 Å². The summed E-state index contributed by atoms with van der Waals surface area (Å²) in [6.07, 6.45) is -2.59. The molecule has 0 aliphatic carbocycles. The van der Waals surface area contributed by atoms with E-state index in [9.17, 15) is 27.9 Å². The van der Waals surface area contributed by atoms with Crippen LogP contribution >= 0.6 is 0 Å². The van der Waals surface area contributed by atoms with Gasteiger partial charge in [0.25, 0.3) is 0 Å². The number of carbonyl (C=O) groups is 2. The van der Waals surface area contributed by atoms with Gasteiger partial charge in [0.2, 0.25) is 0 Å². The van der Waals surface area contributed by atoms with E-state index >= 15 is 0 Å². The lowest BCUT2D eigenvalue weighted by atomic mass is 10.1. The number of carbonyl (C=O) groups excluding carboxylic acids is 1. The van der Waals surface area contributed by atoms with Crippen LogP contribution < -0.4 is 5.17 Å². The zero-order chi connectivity index (χ0) is 27.3. The van der Waals surface area contributed by atoms with Gasteiger partial charge in [-0.25, -0.2) is 14.6 Å². The third-order valence-electron chi connectivity index (χ3n) is 4.13. The van der Waals surface area contributed by atoms with Gasteiger partial charge in [0.1, 0.15) is 5.60 Å². The molecule has 36 heavy (non-hydrogen) atoms. The first-order valence-electron chi connectivity index (χ1n) is 10.7. The summed E-state index contributed by atoms with van der Waals surface area (Å²) < 4.78 is 43.3. The first-order valence-corrected chi connectivity index (χ1v) is 10.7. The van der Waals surface area contributed by atoms with Crippen molar-refractivity contribution in [1.82, 2.24) is 10.2 Å². The number of hydrogen-bond donors (Lipinski definition) is 1. The molecule has 0 radical (unpaired) electrons. The van der Waals surface area contributed by atoms with Crippen LogP contribution in [0.15, 0.2) is 42.6 Å². The molecule has 0 bridgehead atoms. The highest BCUT2D eigenvalue weighted by Crippen LogP contribution is 2.29. The number of ether oxygens (including phenoxy) is 1. The second kappa shape index (κ2) is 10.9. The van der Waals surface area contributed by atoms with Crippen LogP contribution in [-0.2, 0) is 20.6 Å². The Bertz CT molecular complexity index is 1070. The SMILES string of the molecule is CC(C)(C)OC(=O)ON(c1ccc(/C=C/c2ccc(C(F)(F)F)cc2)cn1)N(OC(=O)O)C(C)(C)C. The molecule has 9 nitrogen and oxygen atoms in total. The molecule has 0 aliphatic heterocycles. The van der Waals surface area contributed by atoms with E-state index in [1.807, 2.05) is 0 Å². The van der Waals surface area contributed by atoms with Crippen molar-refractivity contribution in [2.45, 2.75) is 58.9 Å². The molecule has 0 amide bonds. The van der Waals surface area contributed by atoms with Crippen molar-refractivity contribution in [2.24, 2.45) is 0 Å². The van der Waals surface area contributed by atoms with Gasteiger partial charge in [0, 0.05) is 6.20 Å². The fourth-order valence-electron chi connectivity index (χ4n) is 2.62. The van der Waals surface area contributed by atoms with Crippen LogP contribution in [0.5, 0.6) is 0 Å². The Labute approximate surface area is 206 Å².